The van der Waals surface area contributed by atoms with Crippen LogP contribution in [0.3, 0.4) is 0 Å². The van der Waals surface area contributed by atoms with E-state index in [4.69, 9.17) is 35.7 Å². The molecule has 4 bridgehead atoms. The van der Waals surface area contributed by atoms with E-state index in [1.807, 2.05) is 0 Å². The average Bonchev–Trinajstić information content (AvgIpc) is 0.834. The molecule has 2 aromatic heterocycles. The van der Waals surface area contributed by atoms with Crippen LogP contribution >= 0.6 is 0 Å². The van der Waals surface area contributed by atoms with Crippen molar-refractivity contribution in [1.29, 1.82) is 0 Å². The van der Waals surface area contributed by atoms with Gasteiger partial charge in [0.1, 0.15) is 0 Å². The molecule has 10 atom stereocenters. The number of aromatic nitrogens is 2. The van der Waals surface area contributed by atoms with Gasteiger partial charge in [-0.25, -0.2) is 0 Å². The number of carbonyl (C=O) groups excluding carboxylic acids is 9. The minimum Gasteiger partial charge on any atom is -0.548 e. The van der Waals surface area contributed by atoms with Gasteiger partial charge in [-0.1, -0.05) is 12.1 Å². The fourth-order valence-electron chi connectivity index (χ4n) is 12.1. The van der Waals surface area contributed by atoms with Gasteiger partial charge in [0.2, 0.25) is 17.7 Å². The summed E-state index contributed by atoms with van der Waals surface area (Å²) in [6, 6.07) is 1.04. The van der Waals surface area contributed by atoms with E-state index in [1.165, 1.54) is 50.5 Å². The van der Waals surface area contributed by atoms with Gasteiger partial charge < -0.3 is 136 Å². The summed E-state index contributed by atoms with van der Waals surface area (Å²) in [7, 11) is 5.84. The SMILES string of the molecule is CN(CC(O)CO)C(=O)CCC(C(=O)[O-])N1CCN(C(CCC(=O)N(C)CC(O)CO)C(=O)[O-])Cc2cccc(n2)CN(C(CCC(=O)N(C)CC(O)CO)C(=O)[O-])CC1.CNCC(O)CO.O=C(O)CCC(C(=O)[O-])N1CCN(C(CCC(=O)O)C(=O)[O-])Cc2cccc(n2)CN(C(CCC(=O)O)C(=O)[O-])CC1.[Gd+3].[Gd+3]. The molecule has 0 spiro atoms. The first-order valence-electron chi connectivity index (χ1n) is 35.2. The van der Waals surface area contributed by atoms with Crippen LogP contribution in [0.5, 0.6) is 0 Å². The smallest absolute Gasteiger partial charge is 0.548 e. The number of likely N-dealkylation sites (N-methyl/N-ethyl adjacent to an activating group) is 4. The number of carboxylic acids is 9. The standard InChI is InChI=1S/C38H63N7O15.C26H36N4O12.C4H11NO2.2Gd/c1-40(19-27(49)22-46)33(52)10-7-30(36(55)56)43-13-15-44(31(37(57)58)8-11-34(53)41(2)20-28(50)23-47)17-25-5-4-6-26(39-25)18-45(16-14-43)32(38(59)60)9-12-35(54)42(3)21-29(51)24-48;31-21(32)7-4-18(24(37)38)28-10-12-29(19(25(39)40)5-8-22(33)34)14-16-2-1-3-17(27-16)15-30(13-11-28)20(26(41)42)6-9-23(35)36;1-5-2-4(7)3-6;;/h4-6,27-32,46-51H,7-24H2,1-3H3,(H,55,56)(H,57,58)(H,59,60);1-3,18-20H,4-15H2,(H,31,32)(H,33,34)(H,35,36)(H,37,38)(H,39,40)(H,41,42);4-7H,2-3H2,1H3;;/q;;;2*+3/p-6. The van der Waals surface area contributed by atoms with E-state index in [1.54, 1.807) is 43.4 Å². The van der Waals surface area contributed by atoms with Crippen LogP contribution in [-0.2, 0) is 83.7 Å². The van der Waals surface area contributed by atoms with Gasteiger partial charge in [0.25, 0.3) is 0 Å². The maximum absolute atomic E-state index is 13.0. The first kappa shape index (κ1) is 105. The van der Waals surface area contributed by atoms with Crippen LogP contribution in [0.2, 0.25) is 0 Å². The van der Waals surface area contributed by atoms with Gasteiger partial charge in [-0.2, -0.15) is 0 Å². The van der Waals surface area contributed by atoms with Gasteiger partial charge >= 0.3 is 97.8 Å². The Morgan fingerprint density at radius 2 is 0.568 bits per heavy atom. The van der Waals surface area contributed by atoms with Crippen LogP contribution in [0.25, 0.3) is 0 Å². The van der Waals surface area contributed by atoms with Crippen LogP contribution in [0.4, 0.5) is 0 Å². The number of rotatable bonds is 42. The zero-order valence-electron chi connectivity index (χ0n) is 62.3. The van der Waals surface area contributed by atoms with Crippen molar-refractivity contribution < 1.29 is 224 Å². The van der Waals surface area contributed by atoms with Gasteiger partial charge in [0.15, 0.2) is 0 Å². The number of nitrogens with one attached hydrogen (secondary N) is 1. The van der Waals surface area contributed by atoms with Crippen LogP contribution in [-0.4, -0.2) is 376 Å². The van der Waals surface area contributed by atoms with Crippen LogP contribution in [0.1, 0.15) is 99.8 Å². The fourth-order valence-corrected chi connectivity index (χ4v) is 12.1. The Hall–Kier alpha value is -6.01. The number of aliphatic hydroxyl groups excluding tert-OH is 8. The predicted molar refractivity (Wildman–Crippen MR) is 364 cm³/mol. The molecule has 3 amide bonds. The van der Waals surface area contributed by atoms with Crippen molar-refractivity contribution in [3.63, 3.8) is 0 Å². The molecule has 2 radical (unpaired) electrons. The summed E-state index contributed by atoms with van der Waals surface area (Å²) in [6.07, 6.45) is -8.58. The van der Waals surface area contributed by atoms with Crippen molar-refractivity contribution in [3.05, 3.63) is 59.2 Å². The topological polar surface area (TPSA) is 633 Å². The summed E-state index contributed by atoms with van der Waals surface area (Å²) >= 11 is 0. The van der Waals surface area contributed by atoms with E-state index in [0.29, 0.717) is 29.3 Å². The van der Waals surface area contributed by atoms with E-state index in [-0.39, 0.29) is 242 Å². The molecular weight excluding hydrogens is 1760 g/mol. The Morgan fingerprint density at radius 1 is 0.369 bits per heavy atom. The minimum absolute atomic E-state index is 0. The second kappa shape index (κ2) is 56.3. The first-order chi connectivity index (χ1) is 51.4. The Bertz CT molecular complexity index is 3090. The molecule has 0 saturated carbocycles. The summed E-state index contributed by atoms with van der Waals surface area (Å²) < 4.78 is 0. The number of aliphatic hydroxyl groups is 8. The monoisotopic (exact) mass is 1870 g/mol. The second-order valence-electron chi connectivity index (χ2n) is 26.3. The first-order valence-corrected chi connectivity index (χ1v) is 35.2. The van der Waals surface area contributed by atoms with Crippen LogP contribution in [0.15, 0.2) is 36.4 Å². The fraction of sp³-hybridized carbons (Fsp3) is 0.676. The van der Waals surface area contributed by atoms with Crippen molar-refractivity contribution in [1.82, 2.24) is 59.4 Å². The molecule has 2 aliphatic rings. The molecule has 0 aliphatic carbocycles. The number of aliphatic carboxylic acids is 9. The summed E-state index contributed by atoms with van der Waals surface area (Å²) in [6.45, 7) is -3.99. The van der Waals surface area contributed by atoms with Crippen molar-refractivity contribution in [2.45, 2.75) is 164 Å². The number of amides is 3. The number of hydrogen-bond acceptors (Lipinski definition) is 35. The zero-order valence-corrected chi connectivity index (χ0v) is 66.8. The summed E-state index contributed by atoms with van der Waals surface area (Å²) in [5.41, 5.74) is 1.36. The van der Waals surface area contributed by atoms with Gasteiger partial charge in [-0.3, -0.25) is 68.1 Å². The number of hydrogen-bond donors (Lipinski definition) is 12. The summed E-state index contributed by atoms with van der Waals surface area (Å²) in [4.78, 5) is 168. The number of fused-ring (bicyclic) bond motifs is 4. The van der Waals surface area contributed by atoms with E-state index in [9.17, 15) is 109 Å². The average molecular weight is 1870 g/mol. The number of carboxylic acid groups (broad SMARTS) is 9. The molecule has 12 N–H and O–H groups in total. The molecule has 10 unspecified atom stereocenters. The van der Waals surface area contributed by atoms with E-state index in [0.717, 1.165) is 14.7 Å². The summed E-state index contributed by atoms with van der Waals surface area (Å²) in [5, 5.41) is 178. The molecule has 0 fully saturated rings. The van der Waals surface area contributed by atoms with Gasteiger partial charge in [0, 0.05) is 176 Å². The molecule has 4 rings (SSSR count). The van der Waals surface area contributed by atoms with E-state index >= 15 is 0 Å². The third-order valence-electron chi connectivity index (χ3n) is 18.0. The minimum atomic E-state index is -1.60. The zero-order chi connectivity index (χ0) is 82.2. The number of pyridine rings is 2. The molecule has 4 heterocycles. The second-order valence-corrected chi connectivity index (χ2v) is 26.3. The Kier molecular flexibility index (Phi) is 53.2. The maximum atomic E-state index is 13.0. The van der Waals surface area contributed by atoms with E-state index in [2.05, 4.69) is 15.3 Å². The van der Waals surface area contributed by atoms with Crippen molar-refractivity contribution in [2.75, 3.05) is 133 Å². The maximum Gasteiger partial charge on any atom is 3.00 e. The quantitative estimate of drug-likeness (QED) is 0.0294. The Morgan fingerprint density at radius 3 is 0.748 bits per heavy atom. The van der Waals surface area contributed by atoms with Crippen LogP contribution < -0.4 is 36.0 Å². The molecule has 626 valence electrons. The van der Waals surface area contributed by atoms with Gasteiger partial charge in [0.05, 0.1) is 134 Å². The molecule has 43 heteroatoms. The molecule has 0 aromatic carbocycles. The van der Waals surface area contributed by atoms with Crippen molar-refractivity contribution in [2.24, 2.45) is 0 Å². The molecule has 0 saturated heterocycles. The largest absolute Gasteiger partial charge is 3.00 e. The molecule has 41 nitrogen and oxygen atoms in total. The summed E-state index contributed by atoms with van der Waals surface area (Å²) in [5.74, 6) is -14.7. The van der Waals surface area contributed by atoms with Crippen LogP contribution in [0, 0.1) is 79.9 Å². The van der Waals surface area contributed by atoms with Gasteiger partial charge in [-0.05, 0) is 69.8 Å². The van der Waals surface area contributed by atoms with E-state index < -0.39 is 171 Å². The van der Waals surface area contributed by atoms with Gasteiger partial charge in [-0.15, -0.1) is 0 Å². The number of carbonyl (C=O) groups is 12. The third-order valence-corrected chi connectivity index (χ3v) is 18.0. The molecule has 2 aromatic rings. The Labute approximate surface area is 705 Å². The molecular formula is C68H104Gd2N12O29. The normalized spacial score (nSPS) is 17.0. The third kappa shape index (κ3) is 40.7. The van der Waals surface area contributed by atoms with Crippen molar-refractivity contribution >= 4 is 71.4 Å². The molecule has 2 aliphatic heterocycles. The number of nitrogens with zero attached hydrogens (tertiary/aromatic N) is 11. The molecule has 111 heavy (non-hydrogen) atoms. The Balaban J connectivity index is 0.00000206. The van der Waals surface area contributed by atoms with Crippen molar-refractivity contribution in [3.8, 4) is 0 Å². The predicted octanol–water partition coefficient (Wildman–Crippen LogP) is -13.4.